The number of carbonyl (C=O) groups excluding carboxylic acids is 1. The van der Waals surface area contributed by atoms with Gasteiger partial charge in [-0.05, 0) is 65.7 Å². The van der Waals surface area contributed by atoms with Gasteiger partial charge in [0.25, 0.3) is 0 Å². The largest absolute Gasteiger partial charge is 0.550 e. The third-order valence-electron chi connectivity index (χ3n) is 5.05. The minimum Gasteiger partial charge on any atom is -0.550 e. The minimum absolute atomic E-state index is 0.848. The highest BCUT2D eigenvalue weighted by Crippen LogP contribution is 2.25. The fraction of sp³-hybridized carbons (Fsp3) is 0.185. The second kappa shape index (κ2) is 12.4. The van der Waals surface area contributed by atoms with Gasteiger partial charge in [0.2, 0.25) is 0 Å². The summed E-state index contributed by atoms with van der Waals surface area (Å²) < 4.78 is 2.05. The molecule has 0 saturated heterocycles. The van der Waals surface area contributed by atoms with Gasteiger partial charge in [-0.1, -0.05) is 60.7 Å². The molecule has 0 aliphatic carbocycles. The standard InChI is InChI=1S/C25H25N4S.C2H4O2/c1-20-19-30-25(28(20)2)27-26-23-13-15-24(16-14-23)29(17-21-9-5-3-6-10-21)18-22-11-7-4-8-12-22;1-2(3)4/h3-16,19H,17-18H2,1-2H3;1H3,(H,3,4)/q+1;/p-1. The summed E-state index contributed by atoms with van der Waals surface area (Å²) in [6.07, 6.45) is 0. The molecular weight excluding hydrogens is 444 g/mol. The van der Waals surface area contributed by atoms with Crippen molar-refractivity contribution in [3.8, 4) is 0 Å². The van der Waals surface area contributed by atoms with E-state index in [1.54, 1.807) is 11.3 Å². The van der Waals surface area contributed by atoms with E-state index >= 15 is 0 Å². The predicted octanol–water partition coefficient (Wildman–Crippen LogP) is 5.26. The number of carboxylic acids is 1. The maximum atomic E-state index is 8.89. The van der Waals surface area contributed by atoms with Gasteiger partial charge in [-0.15, -0.1) is 0 Å². The number of aliphatic carboxylic acids is 1. The van der Waals surface area contributed by atoms with E-state index in [2.05, 4.69) is 100 Å². The number of benzene rings is 3. The van der Waals surface area contributed by atoms with Crippen molar-refractivity contribution < 1.29 is 14.5 Å². The first-order valence-corrected chi connectivity index (χ1v) is 11.8. The third kappa shape index (κ3) is 7.64. The van der Waals surface area contributed by atoms with Gasteiger partial charge in [0, 0.05) is 30.1 Å². The lowest BCUT2D eigenvalue weighted by Crippen LogP contribution is -2.28. The normalized spacial score (nSPS) is 10.6. The van der Waals surface area contributed by atoms with Gasteiger partial charge in [0.15, 0.2) is 0 Å². The average molecular weight is 473 g/mol. The van der Waals surface area contributed by atoms with Crippen molar-refractivity contribution >= 4 is 33.8 Å². The molecule has 4 rings (SSSR count). The molecule has 0 unspecified atom stereocenters. The van der Waals surface area contributed by atoms with Gasteiger partial charge in [-0.3, -0.25) is 0 Å². The van der Waals surface area contributed by atoms with Crippen LogP contribution in [-0.4, -0.2) is 5.97 Å². The molecule has 1 heterocycles. The molecule has 0 radical (unpaired) electrons. The highest BCUT2D eigenvalue weighted by atomic mass is 32.1. The molecule has 0 amide bonds. The summed E-state index contributed by atoms with van der Waals surface area (Å²) in [5.41, 5.74) is 5.78. The smallest absolute Gasteiger partial charge is 0.408 e. The van der Waals surface area contributed by atoms with E-state index in [4.69, 9.17) is 9.90 Å². The van der Waals surface area contributed by atoms with Crippen LogP contribution in [-0.2, 0) is 24.9 Å². The number of aromatic nitrogens is 1. The molecule has 0 saturated carbocycles. The molecule has 4 aromatic rings. The molecular formula is C27H28N4O2S. The lowest BCUT2D eigenvalue weighted by Gasteiger charge is -2.25. The Balaban J connectivity index is 0.000000751. The lowest BCUT2D eigenvalue weighted by atomic mass is 10.1. The molecule has 3 aromatic carbocycles. The highest BCUT2D eigenvalue weighted by molar-refractivity contribution is 7.12. The average Bonchev–Trinajstić information content (AvgIpc) is 3.16. The van der Waals surface area contributed by atoms with Crippen LogP contribution >= 0.6 is 11.3 Å². The third-order valence-corrected chi connectivity index (χ3v) is 6.07. The number of nitrogens with zero attached hydrogens (tertiary/aromatic N) is 4. The van der Waals surface area contributed by atoms with Crippen LogP contribution in [0.25, 0.3) is 0 Å². The van der Waals surface area contributed by atoms with E-state index in [9.17, 15) is 0 Å². The van der Waals surface area contributed by atoms with E-state index < -0.39 is 5.97 Å². The number of aryl methyl sites for hydroxylation is 1. The van der Waals surface area contributed by atoms with E-state index in [0.29, 0.717) is 0 Å². The lowest BCUT2D eigenvalue weighted by molar-refractivity contribution is -0.660. The molecule has 0 fully saturated rings. The number of azo groups is 1. The Morgan fingerprint density at radius 3 is 1.82 bits per heavy atom. The second-order valence-corrected chi connectivity index (χ2v) is 8.59. The van der Waals surface area contributed by atoms with Gasteiger partial charge in [0.05, 0.1) is 12.2 Å². The number of anilines is 1. The quantitative estimate of drug-likeness (QED) is 0.272. The summed E-state index contributed by atoms with van der Waals surface area (Å²) in [5, 5.41) is 20.7. The number of carbonyl (C=O) groups is 1. The Labute approximate surface area is 204 Å². The first-order chi connectivity index (χ1) is 16.4. The zero-order valence-electron chi connectivity index (χ0n) is 19.6. The predicted molar refractivity (Wildman–Crippen MR) is 134 cm³/mol. The van der Waals surface area contributed by atoms with Crippen molar-refractivity contribution in [2.24, 2.45) is 17.3 Å². The molecule has 0 aliphatic heterocycles. The van der Waals surface area contributed by atoms with Gasteiger partial charge >= 0.3 is 5.13 Å². The molecule has 34 heavy (non-hydrogen) atoms. The van der Waals surface area contributed by atoms with Gasteiger partial charge in [-0.25, -0.2) is 4.57 Å². The summed E-state index contributed by atoms with van der Waals surface area (Å²) in [5.74, 6) is -1.08. The Morgan fingerprint density at radius 1 is 0.882 bits per heavy atom. The molecule has 0 N–H and O–H groups in total. The number of carboxylic acid groups (broad SMARTS) is 1. The van der Waals surface area contributed by atoms with Crippen molar-refractivity contribution in [2.45, 2.75) is 26.9 Å². The minimum atomic E-state index is -1.08. The Morgan fingerprint density at radius 2 is 1.38 bits per heavy atom. The topological polar surface area (TPSA) is 72.0 Å². The van der Waals surface area contributed by atoms with E-state index in [0.717, 1.165) is 30.8 Å². The van der Waals surface area contributed by atoms with Crippen molar-refractivity contribution in [3.63, 3.8) is 0 Å². The Kier molecular flexibility index (Phi) is 9.05. The van der Waals surface area contributed by atoms with Gasteiger partial charge < -0.3 is 14.8 Å². The number of hydrogen-bond acceptors (Lipinski definition) is 6. The van der Waals surface area contributed by atoms with E-state index in [-0.39, 0.29) is 0 Å². The van der Waals surface area contributed by atoms with Crippen LogP contribution in [0.2, 0.25) is 0 Å². The SMILES string of the molecule is CC(=O)[O-].Cc1csc(/N=N/c2ccc(N(Cc3ccccc3)Cc3ccccc3)cc2)[n+]1C. The molecule has 174 valence electrons. The van der Waals surface area contributed by atoms with E-state index in [1.165, 1.54) is 22.5 Å². The van der Waals surface area contributed by atoms with Crippen LogP contribution in [0.5, 0.6) is 0 Å². The van der Waals surface area contributed by atoms with Crippen molar-refractivity contribution in [3.05, 3.63) is 107 Å². The summed E-state index contributed by atoms with van der Waals surface area (Å²) in [4.78, 5) is 11.3. The van der Waals surface area contributed by atoms with Crippen LogP contribution in [0.4, 0.5) is 16.5 Å². The number of rotatable bonds is 7. The fourth-order valence-corrected chi connectivity index (χ4v) is 4.04. The molecule has 0 aliphatic rings. The maximum Gasteiger partial charge on any atom is 0.408 e. The Bertz CT molecular complexity index is 1160. The van der Waals surface area contributed by atoms with Gasteiger partial charge in [0.1, 0.15) is 11.4 Å². The van der Waals surface area contributed by atoms with Crippen molar-refractivity contribution in [1.82, 2.24) is 0 Å². The van der Waals surface area contributed by atoms with Crippen LogP contribution in [0.15, 0.2) is 101 Å². The molecule has 0 spiro atoms. The molecule has 6 nitrogen and oxygen atoms in total. The monoisotopic (exact) mass is 472 g/mol. The number of hydrogen-bond donors (Lipinski definition) is 0. The summed E-state index contributed by atoms with van der Waals surface area (Å²) in [6.45, 7) is 4.74. The highest BCUT2D eigenvalue weighted by Gasteiger charge is 2.12. The molecule has 1 aromatic heterocycles. The molecule has 7 heteroatoms. The van der Waals surface area contributed by atoms with Gasteiger partial charge in [-0.2, -0.15) is 0 Å². The van der Waals surface area contributed by atoms with Crippen LogP contribution < -0.4 is 14.6 Å². The molecule has 0 bridgehead atoms. The molecule has 0 atom stereocenters. The summed E-state index contributed by atoms with van der Waals surface area (Å²) in [6, 6.07) is 29.5. The zero-order valence-corrected chi connectivity index (χ0v) is 20.4. The maximum absolute atomic E-state index is 8.89. The van der Waals surface area contributed by atoms with Crippen LogP contribution in [0.3, 0.4) is 0 Å². The van der Waals surface area contributed by atoms with Crippen molar-refractivity contribution in [2.75, 3.05) is 4.90 Å². The zero-order chi connectivity index (χ0) is 24.3. The summed E-state index contributed by atoms with van der Waals surface area (Å²) in [7, 11) is 2.01. The summed E-state index contributed by atoms with van der Waals surface area (Å²) >= 11 is 1.60. The number of thiazole rings is 1. The van der Waals surface area contributed by atoms with Crippen LogP contribution in [0.1, 0.15) is 23.7 Å². The fourth-order valence-electron chi connectivity index (χ4n) is 3.21. The first-order valence-electron chi connectivity index (χ1n) is 10.9. The van der Waals surface area contributed by atoms with Crippen molar-refractivity contribution in [1.29, 1.82) is 0 Å². The van der Waals surface area contributed by atoms with E-state index in [1.807, 2.05) is 23.7 Å². The van der Waals surface area contributed by atoms with Crippen LogP contribution in [0, 0.1) is 6.92 Å². The Hall–Kier alpha value is -3.84. The first kappa shape index (κ1) is 24.8. The second-order valence-electron chi connectivity index (χ2n) is 7.75.